The van der Waals surface area contributed by atoms with Gasteiger partial charge in [0.25, 0.3) is 5.91 Å². The molecule has 3 rings (SSSR count). The van der Waals surface area contributed by atoms with Crippen LogP contribution < -0.4 is 15.4 Å². The Morgan fingerprint density at radius 1 is 1.07 bits per heavy atom. The van der Waals surface area contributed by atoms with Gasteiger partial charge in [-0.2, -0.15) is 0 Å². The first-order valence-corrected chi connectivity index (χ1v) is 8.64. The molecule has 0 aliphatic heterocycles. The molecule has 0 spiro atoms. The molecule has 0 saturated heterocycles. The summed E-state index contributed by atoms with van der Waals surface area (Å²) in [5.74, 6) is 0.0319. The molecule has 0 bridgehead atoms. The van der Waals surface area contributed by atoms with Gasteiger partial charge in [-0.05, 0) is 37.3 Å². The summed E-state index contributed by atoms with van der Waals surface area (Å²) in [5, 5.41) is 5.89. The van der Waals surface area contributed by atoms with Crippen LogP contribution in [0.2, 0.25) is 0 Å². The van der Waals surface area contributed by atoms with Crippen LogP contribution in [0, 0.1) is 5.82 Å². The van der Waals surface area contributed by atoms with Gasteiger partial charge in [0, 0.05) is 12.1 Å². The summed E-state index contributed by atoms with van der Waals surface area (Å²) in [5.41, 5.74) is 2.23. The number of benzene rings is 2. The van der Waals surface area contributed by atoms with Gasteiger partial charge in [0.1, 0.15) is 17.3 Å². The monoisotopic (exact) mass is 365 g/mol. The van der Waals surface area contributed by atoms with Gasteiger partial charge in [0.15, 0.2) is 0 Å². The number of para-hydroxylation sites is 2. The maximum absolute atomic E-state index is 13.6. The number of aromatic nitrogens is 1. The molecule has 1 aromatic heterocycles. The molecule has 5 nitrogen and oxygen atoms in total. The van der Waals surface area contributed by atoms with Gasteiger partial charge in [0.2, 0.25) is 0 Å². The molecule has 0 fully saturated rings. The molecule has 6 heteroatoms. The molecule has 1 amide bonds. The minimum Gasteiger partial charge on any atom is -0.492 e. The number of anilines is 2. The summed E-state index contributed by atoms with van der Waals surface area (Å²) < 4.78 is 19.2. The highest BCUT2D eigenvalue weighted by Crippen LogP contribution is 2.27. The van der Waals surface area contributed by atoms with Crippen molar-refractivity contribution in [3.05, 3.63) is 83.9 Å². The average molecular weight is 365 g/mol. The summed E-state index contributed by atoms with van der Waals surface area (Å²) >= 11 is 0. The number of carbonyl (C=O) groups is 1. The zero-order valence-corrected chi connectivity index (χ0v) is 14.9. The highest BCUT2D eigenvalue weighted by atomic mass is 19.1. The fourth-order valence-electron chi connectivity index (χ4n) is 2.52. The van der Waals surface area contributed by atoms with E-state index in [0.717, 1.165) is 17.1 Å². The van der Waals surface area contributed by atoms with Crippen molar-refractivity contribution in [2.24, 2.45) is 0 Å². The van der Waals surface area contributed by atoms with E-state index in [2.05, 4.69) is 15.6 Å². The molecule has 138 valence electrons. The predicted molar refractivity (Wildman–Crippen MR) is 103 cm³/mol. The summed E-state index contributed by atoms with van der Waals surface area (Å²) in [6.07, 6.45) is 1.57. The van der Waals surface area contributed by atoms with Crippen molar-refractivity contribution in [1.29, 1.82) is 0 Å². The summed E-state index contributed by atoms with van der Waals surface area (Å²) in [7, 11) is 0. The average Bonchev–Trinajstić information content (AvgIpc) is 2.69. The smallest absolute Gasteiger partial charge is 0.270 e. The summed E-state index contributed by atoms with van der Waals surface area (Å²) in [4.78, 5) is 16.4. The standard InChI is InChI=1S/C21H20FN3O2/c1-2-27-20-10-6-5-9-18(20)25-16-11-12-19(23-14-16)21(26)24-13-15-7-3-4-8-17(15)22/h3-12,14,25H,2,13H2,1H3,(H,24,26). The van der Waals surface area contributed by atoms with Gasteiger partial charge in [-0.15, -0.1) is 0 Å². The number of rotatable bonds is 7. The number of halogens is 1. The number of nitrogens with one attached hydrogen (secondary N) is 2. The molecule has 2 N–H and O–H groups in total. The number of amides is 1. The zero-order chi connectivity index (χ0) is 19.1. The van der Waals surface area contributed by atoms with Gasteiger partial charge in [-0.1, -0.05) is 30.3 Å². The van der Waals surface area contributed by atoms with E-state index in [-0.39, 0.29) is 24.0 Å². The lowest BCUT2D eigenvalue weighted by atomic mass is 10.2. The number of hydrogen-bond acceptors (Lipinski definition) is 4. The SMILES string of the molecule is CCOc1ccccc1Nc1ccc(C(=O)NCc2ccccc2F)nc1. The second kappa shape index (κ2) is 8.80. The molecule has 2 aromatic carbocycles. The summed E-state index contributed by atoms with van der Waals surface area (Å²) in [6.45, 7) is 2.60. The van der Waals surface area contributed by atoms with Crippen LogP contribution in [-0.2, 0) is 6.54 Å². The third-order valence-corrected chi connectivity index (χ3v) is 3.86. The number of nitrogens with zero attached hydrogens (tertiary/aromatic N) is 1. The van der Waals surface area contributed by atoms with Crippen LogP contribution in [0.15, 0.2) is 66.9 Å². The van der Waals surface area contributed by atoms with Crippen LogP contribution in [0.1, 0.15) is 23.0 Å². The Labute approximate surface area is 157 Å². The van der Waals surface area contributed by atoms with E-state index >= 15 is 0 Å². The predicted octanol–water partition coefficient (Wildman–Crippen LogP) is 4.29. The van der Waals surface area contributed by atoms with Crippen LogP contribution in [0.4, 0.5) is 15.8 Å². The molecular weight excluding hydrogens is 345 g/mol. The molecule has 0 aliphatic rings. The largest absolute Gasteiger partial charge is 0.492 e. The highest BCUT2D eigenvalue weighted by molar-refractivity contribution is 5.92. The van der Waals surface area contributed by atoms with Crippen LogP contribution >= 0.6 is 0 Å². The van der Waals surface area contributed by atoms with Crippen LogP contribution in [0.5, 0.6) is 5.75 Å². The van der Waals surface area contributed by atoms with Crippen molar-refractivity contribution < 1.29 is 13.9 Å². The quantitative estimate of drug-likeness (QED) is 0.655. The van der Waals surface area contributed by atoms with E-state index < -0.39 is 0 Å². The van der Waals surface area contributed by atoms with Gasteiger partial charge in [-0.25, -0.2) is 9.37 Å². The second-order valence-electron chi connectivity index (χ2n) is 5.76. The molecule has 0 atom stereocenters. The van der Waals surface area contributed by atoms with Crippen molar-refractivity contribution in [1.82, 2.24) is 10.3 Å². The highest BCUT2D eigenvalue weighted by Gasteiger charge is 2.09. The fraction of sp³-hybridized carbons (Fsp3) is 0.143. The lowest BCUT2D eigenvalue weighted by Crippen LogP contribution is -2.24. The van der Waals surface area contributed by atoms with E-state index in [0.29, 0.717) is 12.2 Å². The van der Waals surface area contributed by atoms with Crippen molar-refractivity contribution in [3.63, 3.8) is 0 Å². The third-order valence-electron chi connectivity index (χ3n) is 3.86. The van der Waals surface area contributed by atoms with E-state index in [9.17, 15) is 9.18 Å². The Hall–Kier alpha value is -3.41. The van der Waals surface area contributed by atoms with E-state index in [1.165, 1.54) is 6.07 Å². The van der Waals surface area contributed by atoms with Gasteiger partial charge in [0.05, 0.1) is 24.2 Å². The first-order valence-electron chi connectivity index (χ1n) is 8.64. The Kier molecular flexibility index (Phi) is 5.99. The second-order valence-corrected chi connectivity index (χ2v) is 5.76. The van der Waals surface area contributed by atoms with Gasteiger partial charge >= 0.3 is 0 Å². The fourth-order valence-corrected chi connectivity index (χ4v) is 2.52. The number of pyridine rings is 1. The van der Waals surface area contributed by atoms with Crippen molar-refractivity contribution in [2.45, 2.75) is 13.5 Å². The topological polar surface area (TPSA) is 63.2 Å². The molecule has 0 unspecified atom stereocenters. The Bertz CT molecular complexity index is 913. The lowest BCUT2D eigenvalue weighted by Gasteiger charge is -2.12. The minimum absolute atomic E-state index is 0.106. The molecule has 27 heavy (non-hydrogen) atoms. The van der Waals surface area contributed by atoms with Crippen LogP contribution in [0.25, 0.3) is 0 Å². The Morgan fingerprint density at radius 3 is 2.59 bits per heavy atom. The maximum Gasteiger partial charge on any atom is 0.270 e. The molecule has 0 radical (unpaired) electrons. The van der Waals surface area contributed by atoms with E-state index in [4.69, 9.17) is 4.74 Å². The lowest BCUT2D eigenvalue weighted by molar-refractivity contribution is 0.0945. The zero-order valence-electron chi connectivity index (χ0n) is 14.9. The van der Waals surface area contributed by atoms with Crippen molar-refractivity contribution in [3.8, 4) is 5.75 Å². The Morgan fingerprint density at radius 2 is 1.85 bits per heavy atom. The first kappa shape index (κ1) is 18.4. The number of ether oxygens (including phenoxy) is 1. The molecule has 3 aromatic rings. The van der Waals surface area contributed by atoms with Crippen molar-refractivity contribution >= 4 is 17.3 Å². The number of carbonyl (C=O) groups excluding carboxylic acids is 1. The normalized spacial score (nSPS) is 10.3. The third kappa shape index (κ3) is 4.82. The Balaban J connectivity index is 1.63. The molecule has 1 heterocycles. The van der Waals surface area contributed by atoms with E-state index in [1.54, 1.807) is 36.5 Å². The van der Waals surface area contributed by atoms with Crippen molar-refractivity contribution in [2.75, 3.05) is 11.9 Å². The van der Waals surface area contributed by atoms with Crippen LogP contribution in [-0.4, -0.2) is 17.5 Å². The molecule has 0 aliphatic carbocycles. The van der Waals surface area contributed by atoms with Gasteiger partial charge in [-0.3, -0.25) is 4.79 Å². The molecular formula is C21H20FN3O2. The maximum atomic E-state index is 13.6. The number of hydrogen-bond donors (Lipinski definition) is 2. The minimum atomic E-state index is -0.362. The van der Waals surface area contributed by atoms with Crippen LogP contribution in [0.3, 0.4) is 0 Å². The van der Waals surface area contributed by atoms with Gasteiger partial charge < -0.3 is 15.4 Å². The summed E-state index contributed by atoms with van der Waals surface area (Å²) in [6, 6.07) is 17.3. The van der Waals surface area contributed by atoms with E-state index in [1.807, 2.05) is 31.2 Å². The molecule has 0 saturated carbocycles. The first-order chi connectivity index (χ1) is 13.2.